The van der Waals surface area contributed by atoms with Crippen LogP contribution in [0.2, 0.25) is 5.02 Å². The number of halogens is 1. The Balaban J connectivity index is 3.11. The molecule has 0 aromatic heterocycles. The van der Waals surface area contributed by atoms with Crippen LogP contribution in [0.1, 0.15) is 19.4 Å². The van der Waals surface area contributed by atoms with E-state index < -0.39 is 20.6 Å². The molecule has 0 radical (unpaired) electrons. The predicted octanol–water partition coefficient (Wildman–Crippen LogP) is 1.83. The summed E-state index contributed by atoms with van der Waals surface area (Å²) in [5.41, 5.74) is 0.0305. The molecule has 1 aromatic carbocycles. The summed E-state index contributed by atoms with van der Waals surface area (Å²) >= 11 is 5.86. The smallest absolute Gasteiger partial charge is 0.289 e. The van der Waals surface area contributed by atoms with Gasteiger partial charge >= 0.3 is 0 Å². The van der Waals surface area contributed by atoms with Crippen LogP contribution in [0.5, 0.6) is 0 Å². The van der Waals surface area contributed by atoms with Crippen molar-refractivity contribution in [3.63, 3.8) is 0 Å². The van der Waals surface area contributed by atoms with Gasteiger partial charge in [0, 0.05) is 18.7 Å². The minimum Gasteiger partial charge on any atom is -0.313 e. The van der Waals surface area contributed by atoms with Gasteiger partial charge in [-0.05, 0) is 32.0 Å². The molecule has 118 valence electrons. The highest BCUT2D eigenvalue weighted by Gasteiger charge is 2.25. The van der Waals surface area contributed by atoms with E-state index in [0.29, 0.717) is 12.1 Å². The number of rotatable bonds is 7. The lowest BCUT2D eigenvalue weighted by atomic mass is 10.2. The fourth-order valence-electron chi connectivity index (χ4n) is 1.78. The zero-order valence-corrected chi connectivity index (χ0v) is 13.6. The van der Waals surface area contributed by atoms with Gasteiger partial charge in [0.15, 0.2) is 0 Å². The molecular formula is C12H18ClN3O4S. The second-order valence-electron chi connectivity index (χ2n) is 4.66. The number of benzene rings is 1. The molecule has 21 heavy (non-hydrogen) atoms. The zero-order valence-electron chi connectivity index (χ0n) is 12.0. The fraction of sp³-hybridized carbons (Fsp3) is 0.500. The summed E-state index contributed by atoms with van der Waals surface area (Å²) in [5, 5.41) is 13.6. The third kappa shape index (κ3) is 4.63. The molecule has 0 aliphatic rings. The number of sulfonamides is 1. The van der Waals surface area contributed by atoms with E-state index in [2.05, 4.69) is 10.0 Å². The van der Waals surface area contributed by atoms with Gasteiger partial charge in [0.25, 0.3) is 5.69 Å². The molecule has 2 N–H and O–H groups in total. The first kappa shape index (κ1) is 17.8. The van der Waals surface area contributed by atoms with Gasteiger partial charge in [-0.15, -0.1) is 0 Å². The van der Waals surface area contributed by atoms with Crippen molar-refractivity contribution in [2.45, 2.75) is 31.7 Å². The molecule has 0 amide bonds. The lowest BCUT2D eigenvalue weighted by Gasteiger charge is -2.14. The summed E-state index contributed by atoms with van der Waals surface area (Å²) in [5.74, 6) is 0. The van der Waals surface area contributed by atoms with Crippen LogP contribution in [0.25, 0.3) is 0 Å². The number of hydrogen-bond acceptors (Lipinski definition) is 5. The van der Waals surface area contributed by atoms with Gasteiger partial charge in [0.05, 0.1) is 4.92 Å². The number of nitro groups is 1. The molecule has 7 nitrogen and oxygen atoms in total. The topological polar surface area (TPSA) is 101 Å². The molecular weight excluding hydrogens is 318 g/mol. The molecule has 0 heterocycles. The molecule has 0 saturated carbocycles. The summed E-state index contributed by atoms with van der Waals surface area (Å²) in [6.07, 6.45) is 0. The lowest BCUT2D eigenvalue weighted by Crippen LogP contribution is -2.38. The summed E-state index contributed by atoms with van der Waals surface area (Å²) in [6, 6.07) is 2.49. The van der Waals surface area contributed by atoms with Crippen LogP contribution < -0.4 is 10.0 Å². The van der Waals surface area contributed by atoms with Crippen molar-refractivity contribution < 1.29 is 13.3 Å². The van der Waals surface area contributed by atoms with Crippen molar-refractivity contribution in [3.05, 3.63) is 32.8 Å². The Labute approximate surface area is 128 Å². The Kier molecular flexibility index (Phi) is 6.09. The van der Waals surface area contributed by atoms with Crippen molar-refractivity contribution in [1.29, 1.82) is 0 Å². The minimum atomic E-state index is -3.91. The molecule has 9 heteroatoms. The third-order valence-corrected chi connectivity index (χ3v) is 4.74. The molecule has 1 rings (SSSR count). The summed E-state index contributed by atoms with van der Waals surface area (Å²) in [4.78, 5) is 9.92. The number of nitrogens with one attached hydrogen (secondary N) is 2. The van der Waals surface area contributed by atoms with Gasteiger partial charge in [-0.2, -0.15) is 0 Å². The van der Waals surface area contributed by atoms with Crippen LogP contribution in [-0.2, 0) is 10.0 Å². The van der Waals surface area contributed by atoms with Crippen molar-refractivity contribution in [3.8, 4) is 0 Å². The first-order valence-electron chi connectivity index (χ1n) is 6.36. The van der Waals surface area contributed by atoms with E-state index in [1.165, 1.54) is 12.1 Å². The molecule has 0 aliphatic carbocycles. The maximum absolute atomic E-state index is 12.2. The molecule has 0 fully saturated rings. The van der Waals surface area contributed by atoms with Crippen molar-refractivity contribution >= 4 is 27.3 Å². The standard InChI is InChI=1S/C12H18ClN3O4S/c1-4-14-9(3)7-15-21(19,20)11-6-8(2)5-10(12(11)13)16(17)18/h5-6,9,14-15H,4,7H2,1-3H3/t9-/m1/s1. The highest BCUT2D eigenvalue weighted by Crippen LogP contribution is 2.32. The van der Waals surface area contributed by atoms with Crippen LogP contribution in [-0.4, -0.2) is 32.5 Å². The average Bonchev–Trinajstić information content (AvgIpc) is 2.39. The Hall–Kier alpha value is -1.22. The number of likely N-dealkylation sites (N-methyl/N-ethyl adjacent to an activating group) is 1. The molecule has 0 bridgehead atoms. The molecule has 0 saturated heterocycles. The zero-order chi connectivity index (χ0) is 16.2. The molecule has 0 unspecified atom stereocenters. The van der Waals surface area contributed by atoms with Gasteiger partial charge in [-0.25, -0.2) is 13.1 Å². The third-order valence-electron chi connectivity index (χ3n) is 2.78. The van der Waals surface area contributed by atoms with Gasteiger partial charge in [-0.1, -0.05) is 18.5 Å². The minimum absolute atomic E-state index is 0.0663. The van der Waals surface area contributed by atoms with E-state index in [1.54, 1.807) is 6.92 Å². The quantitative estimate of drug-likeness (QED) is 0.584. The number of aryl methyl sites for hydroxylation is 1. The van der Waals surface area contributed by atoms with E-state index in [-0.39, 0.29) is 22.5 Å². The van der Waals surface area contributed by atoms with Gasteiger partial charge in [-0.3, -0.25) is 10.1 Å². The van der Waals surface area contributed by atoms with Gasteiger partial charge in [0.1, 0.15) is 9.92 Å². The SMILES string of the molecule is CCN[C@H](C)CNS(=O)(=O)c1cc(C)cc([N+](=O)[O-])c1Cl. The van der Waals surface area contributed by atoms with Gasteiger partial charge < -0.3 is 5.32 Å². The summed E-state index contributed by atoms with van der Waals surface area (Å²) in [6.45, 7) is 6.18. The van der Waals surface area contributed by atoms with E-state index in [0.717, 1.165) is 0 Å². The Morgan fingerprint density at radius 3 is 2.57 bits per heavy atom. The molecule has 0 aliphatic heterocycles. The average molecular weight is 336 g/mol. The lowest BCUT2D eigenvalue weighted by molar-refractivity contribution is -0.385. The van der Waals surface area contributed by atoms with E-state index >= 15 is 0 Å². The largest absolute Gasteiger partial charge is 0.313 e. The van der Waals surface area contributed by atoms with E-state index in [1.807, 2.05) is 13.8 Å². The van der Waals surface area contributed by atoms with Crippen molar-refractivity contribution in [2.75, 3.05) is 13.1 Å². The van der Waals surface area contributed by atoms with Crippen LogP contribution in [0.4, 0.5) is 5.69 Å². The Morgan fingerprint density at radius 1 is 1.43 bits per heavy atom. The first-order valence-corrected chi connectivity index (χ1v) is 8.22. The Bertz CT molecular complexity index is 634. The second-order valence-corrected chi connectivity index (χ2v) is 6.78. The fourth-order valence-corrected chi connectivity index (χ4v) is 3.57. The second kappa shape index (κ2) is 7.17. The number of hydrogen-bond donors (Lipinski definition) is 2. The molecule has 0 spiro atoms. The van der Waals surface area contributed by atoms with Gasteiger partial charge in [0.2, 0.25) is 10.0 Å². The monoisotopic (exact) mass is 335 g/mol. The normalized spacial score (nSPS) is 13.1. The van der Waals surface area contributed by atoms with Crippen molar-refractivity contribution in [2.24, 2.45) is 0 Å². The molecule has 1 aromatic rings. The highest BCUT2D eigenvalue weighted by atomic mass is 35.5. The van der Waals surface area contributed by atoms with Crippen LogP contribution >= 0.6 is 11.6 Å². The number of nitro benzene ring substituents is 1. The van der Waals surface area contributed by atoms with Crippen molar-refractivity contribution in [1.82, 2.24) is 10.0 Å². The van der Waals surface area contributed by atoms with Crippen LogP contribution in [0, 0.1) is 17.0 Å². The highest BCUT2D eigenvalue weighted by molar-refractivity contribution is 7.89. The summed E-state index contributed by atoms with van der Waals surface area (Å²) in [7, 11) is -3.91. The van der Waals surface area contributed by atoms with E-state index in [9.17, 15) is 18.5 Å². The van der Waals surface area contributed by atoms with Crippen LogP contribution in [0.15, 0.2) is 17.0 Å². The maximum Gasteiger partial charge on any atom is 0.289 e. The first-order chi connectivity index (χ1) is 9.69. The predicted molar refractivity (Wildman–Crippen MR) is 81.2 cm³/mol. The summed E-state index contributed by atoms with van der Waals surface area (Å²) < 4.78 is 26.9. The molecule has 1 atom stereocenters. The van der Waals surface area contributed by atoms with Crippen LogP contribution in [0.3, 0.4) is 0 Å². The van der Waals surface area contributed by atoms with E-state index in [4.69, 9.17) is 11.6 Å². The number of nitrogens with zero attached hydrogens (tertiary/aromatic N) is 1. The Morgan fingerprint density at radius 2 is 2.05 bits per heavy atom. The maximum atomic E-state index is 12.2.